The van der Waals surface area contributed by atoms with Gasteiger partial charge in [0.1, 0.15) is 4.90 Å². The van der Waals surface area contributed by atoms with E-state index in [2.05, 4.69) is 4.98 Å². The Labute approximate surface area is 104 Å². The third-order valence-electron chi connectivity index (χ3n) is 2.10. The molecule has 0 aliphatic heterocycles. The molecule has 0 atom stereocenters. The normalized spacial score (nSPS) is 11.4. The van der Waals surface area contributed by atoms with Crippen LogP contribution in [0, 0.1) is 11.7 Å². The van der Waals surface area contributed by atoms with Gasteiger partial charge in [0.05, 0.1) is 6.20 Å². The van der Waals surface area contributed by atoms with Gasteiger partial charge in [-0.05, 0) is 31.3 Å². The number of nitrogens with one attached hydrogen (secondary N) is 1. The van der Waals surface area contributed by atoms with Crippen LogP contribution in [-0.2, 0) is 10.1 Å². The summed E-state index contributed by atoms with van der Waals surface area (Å²) in [6, 6.07) is 6.38. The van der Waals surface area contributed by atoms with E-state index in [0.29, 0.717) is 0 Å². The SMILES string of the molecule is Cc1ccc(S(=O)(=O)On2cc[nH]c2=S)cc1. The lowest BCUT2D eigenvalue weighted by atomic mass is 10.2. The van der Waals surface area contributed by atoms with Crippen molar-refractivity contribution in [2.45, 2.75) is 11.8 Å². The fraction of sp³-hybridized carbons (Fsp3) is 0.100. The van der Waals surface area contributed by atoms with Crippen LogP contribution < -0.4 is 4.28 Å². The molecule has 0 aliphatic rings. The van der Waals surface area contributed by atoms with Gasteiger partial charge in [0.2, 0.25) is 4.77 Å². The molecule has 0 radical (unpaired) electrons. The number of aryl methyl sites for hydroxylation is 1. The highest BCUT2D eigenvalue weighted by molar-refractivity contribution is 7.87. The first-order chi connectivity index (χ1) is 7.99. The Morgan fingerprint density at radius 1 is 1.29 bits per heavy atom. The minimum Gasteiger partial charge on any atom is -0.335 e. The van der Waals surface area contributed by atoms with Crippen molar-refractivity contribution in [1.82, 2.24) is 9.71 Å². The molecule has 0 fully saturated rings. The smallest absolute Gasteiger partial charge is 0.335 e. The Kier molecular flexibility index (Phi) is 3.03. The number of hydrogen-bond donors (Lipinski definition) is 1. The van der Waals surface area contributed by atoms with Crippen LogP contribution in [0.2, 0.25) is 0 Å². The van der Waals surface area contributed by atoms with E-state index in [4.69, 9.17) is 16.5 Å². The van der Waals surface area contributed by atoms with Gasteiger partial charge in [-0.25, -0.2) is 0 Å². The zero-order chi connectivity index (χ0) is 12.5. The Morgan fingerprint density at radius 2 is 1.94 bits per heavy atom. The standard InChI is InChI=1S/C10H10N2O3S2/c1-8-2-4-9(5-3-8)17(13,14)15-12-7-6-11-10(12)16/h2-7H,1H3,(H,11,16). The molecule has 0 aliphatic carbocycles. The van der Waals surface area contributed by atoms with Crippen molar-refractivity contribution in [2.24, 2.45) is 0 Å². The number of rotatable bonds is 3. The lowest BCUT2D eigenvalue weighted by molar-refractivity contribution is 0.274. The van der Waals surface area contributed by atoms with Gasteiger partial charge in [0.15, 0.2) is 0 Å². The predicted molar refractivity (Wildman–Crippen MR) is 64.6 cm³/mol. The van der Waals surface area contributed by atoms with Gasteiger partial charge in [-0.15, -0.1) is 4.73 Å². The summed E-state index contributed by atoms with van der Waals surface area (Å²) in [7, 11) is -3.85. The van der Waals surface area contributed by atoms with Gasteiger partial charge in [0, 0.05) is 6.20 Å². The summed E-state index contributed by atoms with van der Waals surface area (Å²) in [5.74, 6) is 0. The number of hydrogen-bond acceptors (Lipinski definition) is 4. The van der Waals surface area contributed by atoms with E-state index >= 15 is 0 Å². The Hall–Kier alpha value is -1.60. The van der Waals surface area contributed by atoms with Crippen LogP contribution in [0.1, 0.15) is 5.56 Å². The van der Waals surface area contributed by atoms with Gasteiger partial charge < -0.3 is 4.98 Å². The second-order valence-corrected chi connectivity index (χ2v) is 5.35. The summed E-state index contributed by atoms with van der Waals surface area (Å²) in [6.07, 6.45) is 2.89. The minimum absolute atomic E-state index is 0.0891. The van der Waals surface area contributed by atoms with Crippen molar-refractivity contribution in [3.63, 3.8) is 0 Å². The number of imidazole rings is 1. The molecule has 2 rings (SSSR count). The molecule has 0 saturated heterocycles. The highest BCUT2D eigenvalue weighted by Gasteiger charge is 2.16. The largest absolute Gasteiger partial charge is 0.357 e. The van der Waals surface area contributed by atoms with Crippen molar-refractivity contribution in [3.05, 3.63) is 47.0 Å². The third-order valence-corrected chi connectivity index (χ3v) is 3.61. The lowest BCUT2D eigenvalue weighted by Crippen LogP contribution is -2.19. The Bertz CT molecular complexity index is 668. The van der Waals surface area contributed by atoms with E-state index in [1.54, 1.807) is 12.1 Å². The highest BCUT2D eigenvalue weighted by atomic mass is 32.2. The second kappa shape index (κ2) is 4.34. The molecular weight excluding hydrogens is 260 g/mol. The van der Waals surface area contributed by atoms with Crippen LogP contribution in [0.25, 0.3) is 0 Å². The summed E-state index contributed by atoms with van der Waals surface area (Å²) in [5.41, 5.74) is 0.974. The Balaban J connectivity index is 2.35. The van der Waals surface area contributed by atoms with Crippen LogP contribution in [0.15, 0.2) is 41.6 Å². The second-order valence-electron chi connectivity index (χ2n) is 3.43. The average Bonchev–Trinajstić information content (AvgIpc) is 2.64. The molecule has 0 saturated carbocycles. The molecule has 1 aromatic heterocycles. The van der Waals surface area contributed by atoms with E-state index in [9.17, 15) is 8.42 Å². The van der Waals surface area contributed by atoms with Gasteiger partial charge in [0.25, 0.3) is 0 Å². The van der Waals surface area contributed by atoms with Crippen LogP contribution >= 0.6 is 12.2 Å². The number of H-pyrrole nitrogens is 1. The van der Waals surface area contributed by atoms with Gasteiger partial charge in [-0.3, -0.25) is 4.28 Å². The van der Waals surface area contributed by atoms with Gasteiger partial charge >= 0.3 is 10.1 Å². The number of aromatic amines is 1. The first-order valence-electron chi connectivity index (χ1n) is 4.77. The minimum atomic E-state index is -3.85. The van der Waals surface area contributed by atoms with E-state index in [0.717, 1.165) is 10.3 Å². The van der Waals surface area contributed by atoms with Crippen molar-refractivity contribution in [3.8, 4) is 0 Å². The zero-order valence-corrected chi connectivity index (χ0v) is 10.6. The van der Waals surface area contributed by atoms with E-state index in [1.807, 2.05) is 6.92 Å². The van der Waals surface area contributed by atoms with Crippen LogP contribution in [0.3, 0.4) is 0 Å². The van der Waals surface area contributed by atoms with Crippen molar-refractivity contribution in [2.75, 3.05) is 0 Å². The zero-order valence-electron chi connectivity index (χ0n) is 8.95. The molecule has 2 aromatic rings. The van der Waals surface area contributed by atoms with E-state index in [1.165, 1.54) is 24.5 Å². The molecule has 1 heterocycles. The maximum Gasteiger partial charge on any atom is 0.357 e. The van der Waals surface area contributed by atoms with Crippen LogP contribution in [-0.4, -0.2) is 18.1 Å². The lowest BCUT2D eigenvalue weighted by Gasteiger charge is -2.06. The topological polar surface area (TPSA) is 64.1 Å². The summed E-state index contributed by atoms with van der Waals surface area (Å²) >= 11 is 4.84. The Morgan fingerprint density at radius 3 is 2.47 bits per heavy atom. The fourth-order valence-corrected chi connectivity index (χ4v) is 2.32. The van der Waals surface area contributed by atoms with Gasteiger partial charge in [-0.1, -0.05) is 17.7 Å². The van der Waals surface area contributed by atoms with Crippen LogP contribution in [0.4, 0.5) is 0 Å². The molecule has 7 heteroatoms. The molecule has 0 spiro atoms. The molecule has 1 aromatic carbocycles. The molecule has 1 N–H and O–H groups in total. The van der Waals surface area contributed by atoms with Crippen molar-refractivity contribution in [1.29, 1.82) is 0 Å². The molecule has 0 bridgehead atoms. The molecule has 5 nitrogen and oxygen atoms in total. The predicted octanol–water partition coefficient (Wildman–Crippen LogP) is 1.67. The highest BCUT2D eigenvalue weighted by Crippen LogP contribution is 2.11. The molecule has 0 unspecified atom stereocenters. The summed E-state index contributed by atoms with van der Waals surface area (Å²) in [4.78, 5) is 2.73. The quantitative estimate of drug-likeness (QED) is 0.862. The average molecular weight is 270 g/mol. The summed E-state index contributed by atoms with van der Waals surface area (Å²) < 4.78 is 29.7. The summed E-state index contributed by atoms with van der Waals surface area (Å²) in [5, 5.41) is 0. The van der Waals surface area contributed by atoms with Crippen molar-refractivity contribution >= 4 is 22.3 Å². The number of benzene rings is 1. The molecule has 90 valence electrons. The van der Waals surface area contributed by atoms with E-state index in [-0.39, 0.29) is 9.67 Å². The molecule has 17 heavy (non-hydrogen) atoms. The van der Waals surface area contributed by atoms with E-state index < -0.39 is 10.1 Å². The first-order valence-corrected chi connectivity index (χ1v) is 6.58. The fourth-order valence-electron chi connectivity index (χ4n) is 1.22. The molecular formula is C10H10N2O3S2. The summed E-state index contributed by atoms with van der Waals surface area (Å²) in [6.45, 7) is 1.87. The number of nitrogens with zero attached hydrogens (tertiary/aromatic N) is 1. The maximum absolute atomic E-state index is 11.9. The van der Waals surface area contributed by atoms with Gasteiger partial charge in [-0.2, -0.15) is 8.42 Å². The number of aromatic nitrogens is 2. The van der Waals surface area contributed by atoms with Crippen molar-refractivity contribution < 1.29 is 12.7 Å². The van der Waals surface area contributed by atoms with Crippen LogP contribution in [0.5, 0.6) is 0 Å². The first kappa shape index (κ1) is 11.9. The molecule has 0 amide bonds. The monoisotopic (exact) mass is 270 g/mol. The maximum atomic E-state index is 11.9. The third kappa shape index (κ3) is 2.56.